The molecule has 0 bridgehead atoms. The third-order valence-corrected chi connectivity index (χ3v) is 4.77. The smallest absolute Gasteiger partial charge is 0.254 e. The monoisotopic (exact) mass is 343 g/mol. The van der Waals surface area contributed by atoms with Gasteiger partial charge in [-0.2, -0.15) is 0 Å². The summed E-state index contributed by atoms with van der Waals surface area (Å²) in [5.41, 5.74) is 1.72. The van der Waals surface area contributed by atoms with E-state index in [-0.39, 0.29) is 11.9 Å². The van der Waals surface area contributed by atoms with E-state index in [1.54, 1.807) is 12.1 Å². The standard InChI is InChI=1S/C19H18ClNO3/c20-15-4-1-3-14(11-15)19(22)21-8-2-5-16(21)13-6-7-17-18(12-13)24-10-9-23-17/h1,3-4,6-7,11-12,16H,2,5,8-10H2/t16-/m1/s1. The van der Waals surface area contributed by atoms with Gasteiger partial charge in [-0.15, -0.1) is 0 Å². The summed E-state index contributed by atoms with van der Waals surface area (Å²) < 4.78 is 11.3. The van der Waals surface area contributed by atoms with Crippen LogP contribution in [0.15, 0.2) is 42.5 Å². The molecule has 0 radical (unpaired) electrons. The van der Waals surface area contributed by atoms with Crippen molar-refractivity contribution >= 4 is 17.5 Å². The molecule has 1 amide bonds. The Kier molecular flexibility index (Phi) is 4.07. The third-order valence-electron chi connectivity index (χ3n) is 4.54. The molecular weight excluding hydrogens is 326 g/mol. The van der Waals surface area contributed by atoms with Crippen molar-refractivity contribution in [2.24, 2.45) is 0 Å². The Balaban J connectivity index is 1.62. The first-order valence-electron chi connectivity index (χ1n) is 8.18. The number of carbonyl (C=O) groups excluding carboxylic acids is 1. The number of hydrogen-bond donors (Lipinski definition) is 0. The van der Waals surface area contributed by atoms with Gasteiger partial charge >= 0.3 is 0 Å². The average molecular weight is 344 g/mol. The molecule has 2 aliphatic rings. The van der Waals surface area contributed by atoms with E-state index in [0.29, 0.717) is 23.8 Å². The summed E-state index contributed by atoms with van der Waals surface area (Å²) in [5, 5.41) is 0.580. The molecule has 5 heteroatoms. The van der Waals surface area contributed by atoms with Gasteiger partial charge in [-0.3, -0.25) is 4.79 Å². The predicted octanol–water partition coefficient (Wildman–Crippen LogP) is 4.09. The lowest BCUT2D eigenvalue weighted by Gasteiger charge is -2.27. The minimum atomic E-state index is 0.0230. The number of rotatable bonds is 2. The summed E-state index contributed by atoms with van der Waals surface area (Å²) in [6, 6.07) is 13.2. The van der Waals surface area contributed by atoms with Crippen LogP contribution in [0.3, 0.4) is 0 Å². The number of hydrogen-bond acceptors (Lipinski definition) is 3. The molecule has 2 aromatic rings. The molecule has 1 fully saturated rings. The molecule has 4 nitrogen and oxygen atoms in total. The molecule has 2 heterocycles. The largest absolute Gasteiger partial charge is 0.486 e. The summed E-state index contributed by atoms with van der Waals surface area (Å²) in [4.78, 5) is 14.8. The van der Waals surface area contributed by atoms with Crippen molar-refractivity contribution in [3.63, 3.8) is 0 Å². The summed E-state index contributed by atoms with van der Waals surface area (Å²) in [6.07, 6.45) is 1.94. The Morgan fingerprint density at radius 2 is 1.92 bits per heavy atom. The lowest BCUT2D eigenvalue weighted by atomic mass is 10.0. The highest BCUT2D eigenvalue weighted by molar-refractivity contribution is 6.30. The minimum Gasteiger partial charge on any atom is -0.486 e. The van der Waals surface area contributed by atoms with E-state index >= 15 is 0 Å². The second-order valence-electron chi connectivity index (χ2n) is 6.07. The zero-order chi connectivity index (χ0) is 16.5. The predicted molar refractivity (Wildman–Crippen MR) is 91.9 cm³/mol. The summed E-state index contributed by atoms with van der Waals surface area (Å²) in [7, 11) is 0. The van der Waals surface area contributed by atoms with Crippen LogP contribution < -0.4 is 9.47 Å². The summed E-state index contributed by atoms with van der Waals surface area (Å²) in [5.74, 6) is 1.56. The highest BCUT2D eigenvalue weighted by Gasteiger charge is 2.31. The highest BCUT2D eigenvalue weighted by atomic mass is 35.5. The number of fused-ring (bicyclic) bond motifs is 1. The van der Waals surface area contributed by atoms with Gasteiger partial charge in [0.15, 0.2) is 11.5 Å². The molecule has 4 rings (SSSR count). The lowest BCUT2D eigenvalue weighted by Crippen LogP contribution is -2.30. The van der Waals surface area contributed by atoms with Crippen molar-refractivity contribution in [3.05, 3.63) is 58.6 Å². The van der Waals surface area contributed by atoms with Crippen LogP contribution in [0, 0.1) is 0 Å². The zero-order valence-corrected chi connectivity index (χ0v) is 14.0. The van der Waals surface area contributed by atoms with Gasteiger partial charge in [0.1, 0.15) is 13.2 Å². The second-order valence-corrected chi connectivity index (χ2v) is 6.51. The fourth-order valence-electron chi connectivity index (χ4n) is 3.41. The van der Waals surface area contributed by atoms with Crippen molar-refractivity contribution < 1.29 is 14.3 Å². The topological polar surface area (TPSA) is 38.8 Å². The Hall–Kier alpha value is -2.20. The first-order valence-corrected chi connectivity index (χ1v) is 8.56. The quantitative estimate of drug-likeness (QED) is 0.824. The molecule has 0 saturated carbocycles. The summed E-state index contributed by atoms with van der Waals surface area (Å²) in [6.45, 7) is 1.89. The van der Waals surface area contributed by atoms with Crippen LogP contribution >= 0.6 is 11.6 Å². The molecule has 0 aromatic heterocycles. The second kappa shape index (κ2) is 6.36. The number of benzene rings is 2. The first-order chi connectivity index (χ1) is 11.7. The van der Waals surface area contributed by atoms with E-state index in [4.69, 9.17) is 21.1 Å². The molecule has 0 N–H and O–H groups in total. The summed E-state index contributed by atoms with van der Waals surface area (Å²) >= 11 is 6.03. The van der Waals surface area contributed by atoms with E-state index in [0.717, 1.165) is 36.4 Å². The fourth-order valence-corrected chi connectivity index (χ4v) is 3.60. The molecule has 24 heavy (non-hydrogen) atoms. The van der Waals surface area contributed by atoms with Crippen LogP contribution in [0.4, 0.5) is 0 Å². The van der Waals surface area contributed by atoms with Crippen molar-refractivity contribution in [3.8, 4) is 11.5 Å². The van der Waals surface area contributed by atoms with Crippen LogP contribution in [-0.4, -0.2) is 30.6 Å². The maximum absolute atomic E-state index is 12.9. The van der Waals surface area contributed by atoms with Gasteiger partial charge < -0.3 is 14.4 Å². The van der Waals surface area contributed by atoms with E-state index in [9.17, 15) is 4.79 Å². The first kappa shape index (κ1) is 15.3. The number of carbonyl (C=O) groups is 1. The fraction of sp³-hybridized carbons (Fsp3) is 0.316. The van der Waals surface area contributed by atoms with E-state index in [1.165, 1.54) is 0 Å². The van der Waals surface area contributed by atoms with Crippen LogP contribution in [0.1, 0.15) is 34.8 Å². The molecule has 124 valence electrons. The van der Waals surface area contributed by atoms with Gasteiger partial charge in [-0.05, 0) is 48.7 Å². The van der Waals surface area contributed by atoms with Crippen molar-refractivity contribution in [2.75, 3.05) is 19.8 Å². The van der Waals surface area contributed by atoms with Gasteiger partial charge in [0.25, 0.3) is 5.91 Å². The van der Waals surface area contributed by atoms with Crippen LogP contribution in [0.5, 0.6) is 11.5 Å². The average Bonchev–Trinajstić information content (AvgIpc) is 3.10. The Bertz CT molecular complexity index is 777. The van der Waals surface area contributed by atoms with Crippen LogP contribution in [0.25, 0.3) is 0 Å². The molecule has 0 spiro atoms. The molecule has 0 unspecified atom stereocenters. The Morgan fingerprint density at radius 3 is 2.75 bits per heavy atom. The number of amides is 1. The van der Waals surface area contributed by atoms with Gasteiger partial charge in [-0.25, -0.2) is 0 Å². The molecule has 0 aliphatic carbocycles. The van der Waals surface area contributed by atoms with Gasteiger partial charge in [0.05, 0.1) is 6.04 Å². The highest BCUT2D eigenvalue weighted by Crippen LogP contribution is 2.38. The maximum Gasteiger partial charge on any atom is 0.254 e. The van der Waals surface area contributed by atoms with Gasteiger partial charge in [0, 0.05) is 17.1 Å². The van der Waals surface area contributed by atoms with Crippen LogP contribution in [-0.2, 0) is 0 Å². The number of nitrogens with zero attached hydrogens (tertiary/aromatic N) is 1. The zero-order valence-electron chi connectivity index (χ0n) is 13.2. The number of likely N-dealkylation sites (tertiary alicyclic amines) is 1. The molecular formula is C19H18ClNO3. The lowest BCUT2D eigenvalue weighted by molar-refractivity contribution is 0.0735. The van der Waals surface area contributed by atoms with Gasteiger partial charge in [0.2, 0.25) is 0 Å². The van der Waals surface area contributed by atoms with Crippen molar-refractivity contribution in [1.29, 1.82) is 0 Å². The molecule has 2 aromatic carbocycles. The molecule has 2 aliphatic heterocycles. The SMILES string of the molecule is O=C(c1cccc(Cl)c1)N1CCC[C@@H]1c1ccc2c(c1)OCCO2. The van der Waals surface area contributed by atoms with E-state index in [2.05, 4.69) is 0 Å². The molecule has 1 saturated heterocycles. The van der Waals surface area contributed by atoms with Crippen molar-refractivity contribution in [1.82, 2.24) is 4.90 Å². The van der Waals surface area contributed by atoms with Crippen molar-refractivity contribution in [2.45, 2.75) is 18.9 Å². The van der Waals surface area contributed by atoms with Crippen LogP contribution in [0.2, 0.25) is 5.02 Å². The number of ether oxygens (including phenoxy) is 2. The maximum atomic E-state index is 12.9. The molecule has 1 atom stereocenters. The van der Waals surface area contributed by atoms with E-state index in [1.807, 2.05) is 35.2 Å². The Labute approximate surface area is 145 Å². The number of halogens is 1. The normalized spacial score (nSPS) is 19.4. The third kappa shape index (κ3) is 2.82. The Morgan fingerprint density at radius 1 is 1.08 bits per heavy atom. The van der Waals surface area contributed by atoms with E-state index < -0.39 is 0 Å². The minimum absolute atomic E-state index is 0.0230. The van der Waals surface area contributed by atoms with Gasteiger partial charge in [-0.1, -0.05) is 23.7 Å².